The molecular weight excluding hydrogens is 456 g/mol. The number of sulfonamides is 1. The zero-order valence-corrected chi connectivity index (χ0v) is 17.1. The monoisotopic (exact) mass is 473 g/mol. The fourth-order valence-corrected chi connectivity index (χ4v) is 4.73. The van der Waals surface area contributed by atoms with Gasteiger partial charge in [-0.25, -0.2) is 17.2 Å². The molecule has 3 rings (SSSR count). The molecule has 10 heteroatoms. The van der Waals surface area contributed by atoms with Crippen molar-refractivity contribution in [3.8, 4) is 0 Å². The minimum Gasteiger partial charge on any atom is -0.322 e. The van der Waals surface area contributed by atoms with Crippen LogP contribution in [0.15, 0.2) is 51.8 Å². The van der Waals surface area contributed by atoms with Crippen molar-refractivity contribution in [1.82, 2.24) is 9.21 Å². The van der Waals surface area contributed by atoms with E-state index in [4.69, 9.17) is 0 Å². The third-order valence-corrected chi connectivity index (χ3v) is 6.78. The molecule has 1 aliphatic heterocycles. The van der Waals surface area contributed by atoms with Crippen molar-refractivity contribution in [3.63, 3.8) is 0 Å². The first kappa shape index (κ1) is 20.8. The predicted octanol–water partition coefficient (Wildman–Crippen LogP) is 2.67. The van der Waals surface area contributed by atoms with E-state index >= 15 is 0 Å². The van der Waals surface area contributed by atoms with Crippen LogP contribution in [-0.2, 0) is 14.8 Å². The van der Waals surface area contributed by atoms with Crippen molar-refractivity contribution < 1.29 is 22.0 Å². The molecule has 1 heterocycles. The quantitative estimate of drug-likeness (QED) is 0.724. The van der Waals surface area contributed by atoms with Gasteiger partial charge in [-0.05, 0) is 30.3 Å². The zero-order chi connectivity index (χ0) is 20.3. The van der Waals surface area contributed by atoms with Crippen LogP contribution in [0.4, 0.5) is 14.5 Å². The van der Waals surface area contributed by atoms with Gasteiger partial charge in [-0.3, -0.25) is 9.69 Å². The van der Waals surface area contributed by atoms with Gasteiger partial charge in [0.05, 0.1) is 12.2 Å². The summed E-state index contributed by atoms with van der Waals surface area (Å²) in [5.74, 6) is -1.74. The number of carbonyl (C=O) groups excluding carboxylic acids is 1. The number of hydrogen-bond acceptors (Lipinski definition) is 4. The number of nitrogens with one attached hydrogen (secondary N) is 1. The van der Waals surface area contributed by atoms with Crippen molar-refractivity contribution in [3.05, 3.63) is 58.6 Å². The lowest BCUT2D eigenvalue weighted by Gasteiger charge is -2.33. The number of rotatable bonds is 5. The normalized spacial score (nSPS) is 16.1. The van der Waals surface area contributed by atoms with Crippen molar-refractivity contribution in [2.24, 2.45) is 0 Å². The Morgan fingerprint density at radius 1 is 1.04 bits per heavy atom. The SMILES string of the molecule is O=C(CN1CCN(S(=O)(=O)c2ccccc2F)CC1)Nc1ccc(Br)cc1F. The molecule has 0 radical (unpaired) electrons. The van der Waals surface area contributed by atoms with Crippen LogP contribution in [0.1, 0.15) is 0 Å². The number of amides is 1. The number of piperazine rings is 1. The van der Waals surface area contributed by atoms with Crippen molar-refractivity contribution in [2.75, 3.05) is 38.0 Å². The molecule has 1 fully saturated rings. The number of carbonyl (C=O) groups is 1. The molecule has 6 nitrogen and oxygen atoms in total. The Labute approximate surface area is 170 Å². The van der Waals surface area contributed by atoms with E-state index < -0.39 is 27.6 Å². The molecule has 1 aliphatic rings. The van der Waals surface area contributed by atoms with Crippen molar-refractivity contribution in [1.29, 1.82) is 0 Å². The molecule has 1 saturated heterocycles. The first-order valence-corrected chi connectivity index (χ1v) is 10.7. The summed E-state index contributed by atoms with van der Waals surface area (Å²) in [4.78, 5) is 13.6. The second-order valence-electron chi connectivity index (χ2n) is 6.28. The van der Waals surface area contributed by atoms with E-state index in [9.17, 15) is 22.0 Å². The van der Waals surface area contributed by atoms with Gasteiger partial charge in [-0.15, -0.1) is 0 Å². The number of benzene rings is 2. The van der Waals surface area contributed by atoms with Crippen molar-refractivity contribution >= 4 is 37.5 Å². The van der Waals surface area contributed by atoms with E-state index in [1.807, 2.05) is 0 Å². The molecule has 0 aromatic heterocycles. The molecule has 0 unspecified atom stereocenters. The van der Waals surface area contributed by atoms with Crippen LogP contribution < -0.4 is 5.32 Å². The van der Waals surface area contributed by atoms with E-state index in [0.29, 0.717) is 17.6 Å². The maximum absolute atomic E-state index is 13.9. The van der Waals surface area contributed by atoms with Gasteiger partial charge in [-0.1, -0.05) is 28.1 Å². The van der Waals surface area contributed by atoms with Gasteiger partial charge in [-0.2, -0.15) is 4.31 Å². The molecule has 1 amide bonds. The van der Waals surface area contributed by atoms with Gasteiger partial charge in [0.25, 0.3) is 0 Å². The number of nitrogens with zero attached hydrogens (tertiary/aromatic N) is 2. The molecular formula is C18H18BrF2N3O3S. The van der Waals surface area contributed by atoms with Crippen molar-refractivity contribution in [2.45, 2.75) is 4.90 Å². The maximum atomic E-state index is 13.9. The molecule has 0 saturated carbocycles. The second-order valence-corrected chi connectivity index (χ2v) is 9.11. The summed E-state index contributed by atoms with van der Waals surface area (Å²) in [6.07, 6.45) is 0. The molecule has 1 N–H and O–H groups in total. The third-order valence-electron chi connectivity index (χ3n) is 4.36. The lowest BCUT2D eigenvalue weighted by molar-refractivity contribution is -0.117. The highest BCUT2D eigenvalue weighted by atomic mass is 79.9. The predicted molar refractivity (Wildman–Crippen MR) is 104 cm³/mol. The van der Waals surface area contributed by atoms with Crippen LogP contribution in [-0.4, -0.2) is 56.3 Å². The minimum atomic E-state index is -3.93. The first-order chi connectivity index (χ1) is 13.3. The molecule has 2 aromatic carbocycles. The Hall–Kier alpha value is -1.88. The number of anilines is 1. The summed E-state index contributed by atoms with van der Waals surface area (Å²) >= 11 is 3.15. The second kappa shape index (κ2) is 8.64. The molecule has 0 spiro atoms. The average molecular weight is 474 g/mol. The Bertz CT molecular complexity index is 980. The van der Waals surface area contributed by atoms with Gasteiger partial charge in [0, 0.05) is 30.7 Å². The van der Waals surface area contributed by atoms with E-state index in [2.05, 4.69) is 21.2 Å². The number of hydrogen-bond donors (Lipinski definition) is 1. The highest BCUT2D eigenvalue weighted by Gasteiger charge is 2.30. The summed E-state index contributed by atoms with van der Waals surface area (Å²) in [5.41, 5.74) is 0.0777. The molecule has 28 heavy (non-hydrogen) atoms. The number of halogens is 3. The fourth-order valence-electron chi connectivity index (χ4n) is 2.90. The smallest absolute Gasteiger partial charge is 0.246 e. The molecule has 150 valence electrons. The summed E-state index contributed by atoms with van der Waals surface area (Å²) in [6.45, 7) is 0.893. The van der Waals surface area contributed by atoms with Gasteiger partial charge >= 0.3 is 0 Å². The standard InChI is InChI=1S/C18H18BrF2N3O3S/c19-13-5-6-16(15(21)11-13)22-18(25)12-23-7-9-24(10-8-23)28(26,27)17-4-2-1-3-14(17)20/h1-6,11H,7-10,12H2,(H,22,25). The Balaban J connectivity index is 1.57. The highest BCUT2D eigenvalue weighted by Crippen LogP contribution is 2.21. The molecule has 0 bridgehead atoms. The van der Waals surface area contributed by atoms with E-state index in [-0.39, 0.29) is 30.2 Å². The highest BCUT2D eigenvalue weighted by molar-refractivity contribution is 9.10. The lowest BCUT2D eigenvalue weighted by Crippen LogP contribution is -2.50. The largest absolute Gasteiger partial charge is 0.322 e. The van der Waals surface area contributed by atoms with Gasteiger partial charge < -0.3 is 5.32 Å². The van der Waals surface area contributed by atoms with Gasteiger partial charge in [0.1, 0.15) is 16.5 Å². The summed E-state index contributed by atoms with van der Waals surface area (Å²) in [6, 6.07) is 9.56. The fraction of sp³-hybridized carbons (Fsp3) is 0.278. The third kappa shape index (κ3) is 4.75. The molecule has 2 aromatic rings. The Morgan fingerprint density at radius 2 is 1.71 bits per heavy atom. The lowest BCUT2D eigenvalue weighted by atomic mass is 10.3. The molecule has 0 aliphatic carbocycles. The summed E-state index contributed by atoms with van der Waals surface area (Å²) < 4.78 is 54.6. The van der Waals surface area contributed by atoms with Gasteiger partial charge in [0.15, 0.2) is 0 Å². The topological polar surface area (TPSA) is 69.7 Å². The average Bonchev–Trinajstić information content (AvgIpc) is 2.65. The van der Waals surface area contributed by atoms with Crippen LogP contribution in [0.25, 0.3) is 0 Å². The first-order valence-electron chi connectivity index (χ1n) is 8.49. The minimum absolute atomic E-state index is 0.00307. The van der Waals surface area contributed by atoms with E-state index in [1.165, 1.54) is 34.6 Å². The van der Waals surface area contributed by atoms with Crippen LogP contribution in [0.2, 0.25) is 0 Å². The summed E-state index contributed by atoms with van der Waals surface area (Å²) in [5, 5.41) is 2.50. The van der Waals surface area contributed by atoms with Crippen LogP contribution >= 0.6 is 15.9 Å². The van der Waals surface area contributed by atoms with E-state index in [0.717, 1.165) is 6.07 Å². The summed E-state index contributed by atoms with van der Waals surface area (Å²) in [7, 11) is -3.93. The molecule has 0 atom stereocenters. The zero-order valence-electron chi connectivity index (χ0n) is 14.7. The van der Waals surface area contributed by atoms with Crippen LogP contribution in [0, 0.1) is 11.6 Å². The van der Waals surface area contributed by atoms with Crippen LogP contribution in [0.5, 0.6) is 0 Å². The van der Waals surface area contributed by atoms with Gasteiger partial charge in [0.2, 0.25) is 15.9 Å². The Morgan fingerprint density at radius 3 is 2.36 bits per heavy atom. The van der Waals surface area contributed by atoms with E-state index in [1.54, 1.807) is 11.0 Å². The maximum Gasteiger partial charge on any atom is 0.246 e. The Kier molecular flexibility index (Phi) is 6.43. The van der Waals surface area contributed by atoms with Crippen LogP contribution in [0.3, 0.4) is 0 Å².